The second-order valence-corrected chi connectivity index (χ2v) is 6.13. The van der Waals surface area contributed by atoms with Gasteiger partial charge in [-0.25, -0.2) is 4.98 Å². The van der Waals surface area contributed by atoms with Gasteiger partial charge in [-0.15, -0.1) is 0 Å². The van der Waals surface area contributed by atoms with Crippen molar-refractivity contribution >= 4 is 10.8 Å². The summed E-state index contributed by atoms with van der Waals surface area (Å²) in [6, 6.07) is 3.75. The van der Waals surface area contributed by atoms with Crippen LogP contribution in [-0.4, -0.2) is 31.8 Å². The summed E-state index contributed by atoms with van der Waals surface area (Å²) in [5.74, 6) is 2.29. The van der Waals surface area contributed by atoms with Gasteiger partial charge in [0.25, 0.3) is 0 Å². The van der Waals surface area contributed by atoms with Crippen LogP contribution in [0.2, 0.25) is 0 Å². The molecule has 0 amide bonds. The smallest absolute Gasteiger partial charge is 0.133 e. The molecule has 104 valence electrons. The molecule has 0 aliphatic heterocycles. The Bertz CT molecular complexity index is 536. The lowest BCUT2D eigenvalue weighted by atomic mass is 10.2. The molecular formula is C13H19N3O2S. The summed E-state index contributed by atoms with van der Waals surface area (Å²) in [5.41, 5.74) is 0. The van der Waals surface area contributed by atoms with Crippen molar-refractivity contribution in [2.24, 2.45) is 7.05 Å². The summed E-state index contributed by atoms with van der Waals surface area (Å²) < 4.78 is 18.7. The van der Waals surface area contributed by atoms with Crippen molar-refractivity contribution in [3.05, 3.63) is 42.4 Å². The molecule has 2 heterocycles. The van der Waals surface area contributed by atoms with Gasteiger partial charge < -0.3 is 8.98 Å². The van der Waals surface area contributed by atoms with Gasteiger partial charge in [0.05, 0.1) is 6.26 Å². The number of nitrogens with zero attached hydrogens (tertiary/aromatic N) is 2. The van der Waals surface area contributed by atoms with Crippen molar-refractivity contribution in [2.45, 2.75) is 19.0 Å². The van der Waals surface area contributed by atoms with Gasteiger partial charge in [-0.05, 0) is 19.1 Å². The Hall–Kier alpha value is -1.40. The van der Waals surface area contributed by atoms with E-state index in [1.54, 1.807) is 18.7 Å². The van der Waals surface area contributed by atoms with Gasteiger partial charge in [0.1, 0.15) is 17.6 Å². The number of nitrogens with one attached hydrogen (secondary N) is 1. The van der Waals surface area contributed by atoms with E-state index in [0.29, 0.717) is 5.75 Å². The third kappa shape index (κ3) is 3.54. The first kappa shape index (κ1) is 14.0. The number of imidazole rings is 1. The molecule has 5 nitrogen and oxygen atoms in total. The van der Waals surface area contributed by atoms with Crippen molar-refractivity contribution in [1.82, 2.24) is 14.9 Å². The Kier molecular flexibility index (Phi) is 4.55. The average Bonchev–Trinajstić information content (AvgIpc) is 2.96. The number of aromatic nitrogens is 2. The predicted molar refractivity (Wildman–Crippen MR) is 75.3 cm³/mol. The van der Waals surface area contributed by atoms with E-state index in [1.807, 2.05) is 36.9 Å². The van der Waals surface area contributed by atoms with E-state index in [4.69, 9.17) is 4.42 Å². The number of hydrogen-bond donors (Lipinski definition) is 1. The fourth-order valence-corrected chi connectivity index (χ4v) is 2.88. The van der Waals surface area contributed by atoms with Crippen molar-refractivity contribution in [2.75, 3.05) is 12.0 Å². The second kappa shape index (κ2) is 6.16. The molecule has 2 aromatic rings. The maximum Gasteiger partial charge on any atom is 0.133 e. The molecule has 0 radical (unpaired) electrons. The Morgan fingerprint density at radius 2 is 2.37 bits per heavy atom. The minimum Gasteiger partial charge on any atom is -0.467 e. The molecule has 0 saturated heterocycles. The van der Waals surface area contributed by atoms with E-state index in [-0.39, 0.29) is 12.1 Å². The minimum atomic E-state index is -0.831. The third-order valence-corrected chi connectivity index (χ3v) is 3.85. The first-order valence-electron chi connectivity index (χ1n) is 6.14. The fraction of sp³-hybridized carbons (Fsp3) is 0.462. The van der Waals surface area contributed by atoms with E-state index in [1.165, 1.54) is 0 Å². The van der Waals surface area contributed by atoms with Gasteiger partial charge in [0.2, 0.25) is 0 Å². The summed E-state index contributed by atoms with van der Waals surface area (Å²) in [6.07, 6.45) is 7.02. The average molecular weight is 281 g/mol. The lowest BCUT2D eigenvalue weighted by Crippen LogP contribution is -2.36. The van der Waals surface area contributed by atoms with Crippen LogP contribution in [0.4, 0.5) is 0 Å². The molecule has 0 aromatic carbocycles. The quantitative estimate of drug-likeness (QED) is 0.871. The molecule has 3 atom stereocenters. The molecule has 0 fully saturated rings. The second-order valence-electron chi connectivity index (χ2n) is 4.65. The molecule has 2 rings (SSSR count). The highest BCUT2D eigenvalue weighted by molar-refractivity contribution is 7.84. The molecule has 0 aliphatic rings. The van der Waals surface area contributed by atoms with Crippen molar-refractivity contribution in [3.63, 3.8) is 0 Å². The molecule has 3 unspecified atom stereocenters. The van der Waals surface area contributed by atoms with Gasteiger partial charge >= 0.3 is 0 Å². The van der Waals surface area contributed by atoms with Crippen LogP contribution in [0.1, 0.15) is 24.6 Å². The molecule has 0 saturated carbocycles. The van der Waals surface area contributed by atoms with E-state index in [0.717, 1.165) is 11.6 Å². The van der Waals surface area contributed by atoms with Crippen LogP contribution in [0.3, 0.4) is 0 Å². The lowest BCUT2D eigenvalue weighted by Gasteiger charge is -2.21. The van der Waals surface area contributed by atoms with E-state index in [9.17, 15) is 4.21 Å². The van der Waals surface area contributed by atoms with Gasteiger partial charge in [0.15, 0.2) is 0 Å². The summed E-state index contributed by atoms with van der Waals surface area (Å²) >= 11 is 0. The van der Waals surface area contributed by atoms with Gasteiger partial charge in [0, 0.05) is 48.3 Å². The van der Waals surface area contributed by atoms with Gasteiger partial charge in [-0.3, -0.25) is 9.53 Å². The van der Waals surface area contributed by atoms with Crippen molar-refractivity contribution in [1.29, 1.82) is 0 Å². The van der Waals surface area contributed by atoms with Crippen LogP contribution in [0, 0.1) is 0 Å². The van der Waals surface area contributed by atoms with Crippen LogP contribution in [0.15, 0.2) is 35.2 Å². The highest BCUT2D eigenvalue weighted by atomic mass is 32.2. The van der Waals surface area contributed by atoms with Crippen LogP contribution in [0.25, 0.3) is 0 Å². The number of rotatable bonds is 6. The molecule has 0 bridgehead atoms. The van der Waals surface area contributed by atoms with Crippen LogP contribution < -0.4 is 5.32 Å². The standard InChI is InChI=1S/C13H19N3O2S/c1-10(9-19(3)17)15-12(11-5-4-8-18-11)13-14-6-7-16(13)2/h4-8,10,12,15H,9H2,1-3H3. The maximum absolute atomic E-state index is 11.3. The lowest BCUT2D eigenvalue weighted by molar-refractivity contribution is 0.409. The summed E-state index contributed by atoms with van der Waals surface area (Å²) in [6.45, 7) is 2.01. The fourth-order valence-electron chi connectivity index (χ4n) is 2.08. The van der Waals surface area contributed by atoms with Crippen molar-refractivity contribution < 1.29 is 8.63 Å². The van der Waals surface area contributed by atoms with Crippen LogP contribution in [0.5, 0.6) is 0 Å². The molecule has 0 spiro atoms. The molecule has 6 heteroatoms. The summed E-state index contributed by atoms with van der Waals surface area (Å²) in [7, 11) is 1.12. The zero-order valence-corrected chi connectivity index (χ0v) is 12.2. The monoisotopic (exact) mass is 281 g/mol. The molecule has 1 N–H and O–H groups in total. The first-order chi connectivity index (χ1) is 9.08. The molecular weight excluding hydrogens is 262 g/mol. The Morgan fingerprint density at radius 1 is 1.58 bits per heavy atom. The normalized spacial score (nSPS) is 16.2. The summed E-state index contributed by atoms with van der Waals surface area (Å²) in [5, 5.41) is 3.42. The number of hydrogen-bond acceptors (Lipinski definition) is 4. The Labute approximate surface area is 115 Å². The molecule has 0 aliphatic carbocycles. The highest BCUT2D eigenvalue weighted by Crippen LogP contribution is 2.21. The number of aryl methyl sites for hydroxylation is 1. The first-order valence-corrected chi connectivity index (χ1v) is 7.87. The molecule has 19 heavy (non-hydrogen) atoms. The van der Waals surface area contributed by atoms with Crippen LogP contribution in [-0.2, 0) is 17.8 Å². The highest BCUT2D eigenvalue weighted by Gasteiger charge is 2.22. The SMILES string of the molecule is CC(CS(C)=O)NC(c1ccco1)c1nccn1C. The number of furan rings is 1. The largest absolute Gasteiger partial charge is 0.467 e. The summed E-state index contributed by atoms with van der Waals surface area (Å²) in [4.78, 5) is 4.37. The zero-order chi connectivity index (χ0) is 13.8. The predicted octanol–water partition coefficient (Wildman–Crippen LogP) is 1.46. The zero-order valence-electron chi connectivity index (χ0n) is 11.4. The van der Waals surface area contributed by atoms with Crippen molar-refractivity contribution in [3.8, 4) is 0 Å². The van der Waals surface area contributed by atoms with E-state index < -0.39 is 10.8 Å². The van der Waals surface area contributed by atoms with Gasteiger partial charge in [-0.1, -0.05) is 0 Å². The van der Waals surface area contributed by atoms with Crippen LogP contribution >= 0.6 is 0 Å². The third-order valence-electron chi connectivity index (χ3n) is 2.88. The van der Waals surface area contributed by atoms with E-state index in [2.05, 4.69) is 10.3 Å². The maximum atomic E-state index is 11.3. The van der Waals surface area contributed by atoms with Gasteiger partial charge in [-0.2, -0.15) is 0 Å². The Morgan fingerprint density at radius 3 is 2.89 bits per heavy atom. The molecule has 2 aromatic heterocycles. The van der Waals surface area contributed by atoms with E-state index >= 15 is 0 Å². The topological polar surface area (TPSA) is 60.1 Å². The Balaban J connectivity index is 2.21. The minimum absolute atomic E-state index is 0.109.